The Bertz CT molecular complexity index is 480. The maximum absolute atomic E-state index is 5.74. The summed E-state index contributed by atoms with van der Waals surface area (Å²) in [7, 11) is 1.83. The van der Waals surface area contributed by atoms with Crippen LogP contribution in [0.1, 0.15) is 45.2 Å². The van der Waals surface area contributed by atoms with Gasteiger partial charge in [-0.25, -0.2) is 0 Å². The van der Waals surface area contributed by atoms with Crippen LogP contribution >= 0.6 is 15.9 Å². The monoisotopic (exact) mass is 354 g/mol. The second-order valence-electron chi connectivity index (χ2n) is 6.16. The fraction of sp³-hybridized carbons (Fsp3) is 0.647. The van der Waals surface area contributed by atoms with Gasteiger partial charge in [-0.3, -0.25) is 0 Å². The van der Waals surface area contributed by atoms with Crippen LogP contribution in [0.3, 0.4) is 0 Å². The minimum Gasteiger partial charge on any atom is -0.377 e. The van der Waals surface area contributed by atoms with Gasteiger partial charge in [0.2, 0.25) is 0 Å². The second-order valence-corrected chi connectivity index (χ2v) is 7.08. The molecule has 0 aromatic heterocycles. The summed E-state index contributed by atoms with van der Waals surface area (Å²) in [6.07, 6.45) is 2.30. The van der Waals surface area contributed by atoms with E-state index in [0.717, 1.165) is 30.5 Å². The molecule has 1 saturated heterocycles. The predicted octanol–water partition coefficient (Wildman–Crippen LogP) is 4.12. The first kappa shape index (κ1) is 16.8. The number of rotatable bonds is 5. The average Bonchev–Trinajstić information content (AvgIpc) is 2.47. The van der Waals surface area contributed by atoms with Gasteiger partial charge < -0.3 is 15.0 Å². The Morgan fingerprint density at radius 3 is 2.90 bits per heavy atom. The van der Waals surface area contributed by atoms with E-state index in [-0.39, 0.29) is 5.60 Å². The maximum Gasteiger partial charge on any atom is 0.0825 e. The fourth-order valence-electron chi connectivity index (χ4n) is 3.15. The van der Waals surface area contributed by atoms with E-state index in [4.69, 9.17) is 4.74 Å². The van der Waals surface area contributed by atoms with Gasteiger partial charge in [-0.05, 0) is 50.9 Å². The number of benzene rings is 1. The summed E-state index contributed by atoms with van der Waals surface area (Å²) in [6, 6.07) is 6.95. The standard InChI is InChI=1S/C17H27BrN2O/c1-5-19-13(2)15-8-7-14(18)11-16(15)20-10-6-9-17(3,12-20)21-4/h7-8,11,13,19H,5-6,9-10,12H2,1-4H3. The van der Waals surface area contributed by atoms with E-state index in [9.17, 15) is 0 Å². The van der Waals surface area contributed by atoms with Gasteiger partial charge >= 0.3 is 0 Å². The van der Waals surface area contributed by atoms with Gasteiger partial charge in [0, 0.05) is 36.4 Å². The second kappa shape index (κ2) is 7.12. The molecule has 2 unspecified atom stereocenters. The van der Waals surface area contributed by atoms with Gasteiger partial charge in [-0.15, -0.1) is 0 Å². The highest BCUT2D eigenvalue weighted by molar-refractivity contribution is 9.10. The number of hydrogen-bond donors (Lipinski definition) is 1. The minimum absolute atomic E-state index is 0.0424. The Labute approximate surface area is 137 Å². The molecule has 1 aliphatic rings. The van der Waals surface area contributed by atoms with E-state index in [0.29, 0.717) is 6.04 Å². The quantitative estimate of drug-likeness (QED) is 0.860. The van der Waals surface area contributed by atoms with Crippen molar-refractivity contribution in [1.82, 2.24) is 5.32 Å². The van der Waals surface area contributed by atoms with E-state index in [1.807, 2.05) is 7.11 Å². The molecule has 2 rings (SSSR count). The Kier molecular flexibility index (Phi) is 5.69. The molecule has 21 heavy (non-hydrogen) atoms. The van der Waals surface area contributed by atoms with Gasteiger partial charge in [0.05, 0.1) is 5.60 Å². The number of anilines is 1. The van der Waals surface area contributed by atoms with Gasteiger partial charge in [0.1, 0.15) is 0 Å². The number of piperidine rings is 1. The number of halogens is 1. The highest BCUT2D eigenvalue weighted by atomic mass is 79.9. The zero-order valence-electron chi connectivity index (χ0n) is 13.6. The van der Waals surface area contributed by atoms with Crippen molar-refractivity contribution in [3.63, 3.8) is 0 Å². The van der Waals surface area contributed by atoms with Crippen LogP contribution in [0.4, 0.5) is 5.69 Å². The number of hydrogen-bond acceptors (Lipinski definition) is 3. The van der Waals surface area contributed by atoms with E-state index < -0.39 is 0 Å². The fourth-order valence-corrected chi connectivity index (χ4v) is 3.50. The van der Waals surface area contributed by atoms with Crippen LogP contribution in [0.15, 0.2) is 22.7 Å². The van der Waals surface area contributed by atoms with Gasteiger partial charge in [0.25, 0.3) is 0 Å². The van der Waals surface area contributed by atoms with Gasteiger partial charge in [-0.2, -0.15) is 0 Å². The largest absolute Gasteiger partial charge is 0.377 e. The van der Waals surface area contributed by atoms with E-state index >= 15 is 0 Å². The topological polar surface area (TPSA) is 24.5 Å². The Morgan fingerprint density at radius 1 is 1.48 bits per heavy atom. The summed E-state index contributed by atoms with van der Waals surface area (Å²) in [5, 5.41) is 3.52. The Hall–Kier alpha value is -0.580. The van der Waals surface area contributed by atoms with Crippen LogP contribution in [-0.2, 0) is 4.74 Å². The van der Waals surface area contributed by atoms with Crippen molar-refractivity contribution < 1.29 is 4.74 Å². The average molecular weight is 355 g/mol. The molecular weight excluding hydrogens is 328 g/mol. The highest BCUT2D eigenvalue weighted by Crippen LogP contribution is 2.34. The first-order chi connectivity index (χ1) is 9.99. The summed E-state index contributed by atoms with van der Waals surface area (Å²) in [5.41, 5.74) is 2.64. The van der Waals surface area contributed by atoms with E-state index in [2.05, 4.69) is 65.1 Å². The van der Waals surface area contributed by atoms with Crippen LogP contribution in [0.2, 0.25) is 0 Å². The molecule has 1 fully saturated rings. The van der Waals surface area contributed by atoms with Crippen molar-refractivity contribution >= 4 is 21.6 Å². The molecule has 1 aromatic rings. The third-order valence-electron chi connectivity index (χ3n) is 4.46. The third-order valence-corrected chi connectivity index (χ3v) is 4.96. The summed E-state index contributed by atoms with van der Waals surface area (Å²) < 4.78 is 6.87. The van der Waals surface area contributed by atoms with Crippen molar-refractivity contribution in [2.24, 2.45) is 0 Å². The van der Waals surface area contributed by atoms with Crippen molar-refractivity contribution in [3.05, 3.63) is 28.2 Å². The van der Waals surface area contributed by atoms with E-state index in [1.165, 1.54) is 17.7 Å². The molecule has 3 nitrogen and oxygen atoms in total. The van der Waals surface area contributed by atoms with Crippen LogP contribution < -0.4 is 10.2 Å². The zero-order valence-corrected chi connectivity index (χ0v) is 15.2. The third kappa shape index (κ3) is 3.99. The molecule has 0 radical (unpaired) electrons. The number of ether oxygens (including phenoxy) is 1. The Morgan fingerprint density at radius 2 is 2.24 bits per heavy atom. The summed E-state index contributed by atoms with van der Waals surface area (Å²) in [6.45, 7) is 9.62. The van der Waals surface area contributed by atoms with Crippen molar-refractivity contribution in [1.29, 1.82) is 0 Å². The van der Waals surface area contributed by atoms with Gasteiger partial charge in [-0.1, -0.05) is 28.9 Å². The van der Waals surface area contributed by atoms with Crippen LogP contribution in [0, 0.1) is 0 Å². The highest BCUT2D eigenvalue weighted by Gasteiger charge is 2.32. The molecule has 2 atom stereocenters. The maximum atomic E-state index is 5.74. The van der Waals surface area contributed by atoms with Crippen molar-refractivity contribution in [2.45, 2.75) is 45.3 Å². The first-order valence-corrected chi connectivity index (χ1v) is 8.61. The first-order valence-electron chi connectivity index (χ1n) is 7.82. The van der Waals surface area contributed by atoms with Crippen LogP contribution in [-0.4, -0.2) is 32.3 Å². The lowest BCUT2D eigenvalue weighted by atomic mass is 9.93. The summed E-state index contributed by atoms with van der Waals surface area (Å²) in [4.78, 5) is 2.47. The minimum atomic E-state index is -0.0424. The zero-order chi connectivity index (χ0) is 15.5. The molecule has 118 valence electrons. The molecule has 1 N–H and O–H groups in total. The smallest absolute Gasteiger partial charge is 0.0825 e. The van der Waals surface area contributed by atoms with Crippen LogP contribution in [0.5, 0.6) is 0 Å². The lowest BCUT2D eigenvalue weighted by molar-refractivity contribution is -0.00470. The summed E-state index contributed by atoms with van der Waals surface area (Å²) >= 11 is 3.62. The molecule has 1 aliphatic heterocycles. The number of nitrogens with zero attached hydrogens (tertiary/aromatic N) is 1. The molecule has 0 aliphatic carbocycles. The molecule has 0 spiro atoms. The SMILES string of the molecule is CCNC(C)c1ccc(Br)cc1N1CCCC(C)(OC)C1. The number of methoxy groups -OCH3 is 1. The number of nitrogens with one attached hydrogen (secondary N) is 1. The lowest BCUT2D eigenvalue weighted by Gasteiger charge is -2.41. The lowest BCUT2D eigenvalue weighted by Crippen LogP contribution is -2.47. The molecule has 4 heteroatoms. The molecular formula is C17H27BrN2O. The predicted molar refractivity (Wildman–Crippen MR) is 93.1 cm³/mol. The molecule has 1 aromatic carbocycles. The summed E-state index contributed by atoms with van der Waals surface area (Å²) in [5.74, 6) is 0. The molecule has 0 amide bonds. The molecule has 1 heterocycles. The van der Waals surface area contributed by atoms with Crippen molar-refractivity contribution in [2.75, 3.05) is 31.6 Å². The van der Waals surface area contributed by atoms with Crippen molar-refractivity contribution in [3.8, 4) is 0 Å². The molecule has 0 saturated carbocycles. The van der Waals surface area contributed by atoms with Crippen LogP contribution in [0.25, 0.3) is 0 Å². The van der Waals surface area contributed by atoms with Gasteiger partial charge in [0.15, 0.2) is 0 Å². The van der Waals surface area contributed by atoms with E-state index in [1.54, 1.807) is 0 Å². The molecule has 0 bridgehead atoms. The Balaban J connectivity index is 2.31. The normalized spacial score (nSPS) is 24.1.